The number of halogens is 2. The van der Waals surface area contributed by atoms with Gasteiger partial charge in [0.25, 0.3) is 0 Å². The quantitative estimate of drug-likeness (QED) is 0.312. The molecular formula is C26H32ClFN6O2S. The van der Waals surface area contributed by atoms with Crippen molar-refractivity contribution in [2.24, 2.45) is 5.92 Å². The molecule has 2 saturated heterocycles. The zero-order valence-corrected chi connectivity index (χ0v) is 22.4. The fraction of sp³-hybridized carbons (Fsp3) is 0.538. The van der Waals surface area contributed by atoms with Gasteiger partial charge in [-0.2, -0.15) is 0 Å². The lowest BCUT2D eigenvalue weighted by Crippen LogP contribution is -2.50. The summed E-state index contributed by atoms with van der Waals surface area (Å²) in [6.07, 6.45) is 4.34. The molecule has 3 aliphatic rings. The molecule has 0 radical (unpaired) electrons. The molecule has 2 amide bonds. The van der Waals surface area contributed by atoms with Gasteiger partial charge in [-0.1, -0.05) is 48.3 Å². The highest BCUT2D eigenvalue weighted by atomic mass is 35.5. The van der Waals surface area contributed by atoms with Gasteiger partial charge in [0.15, 0.2) is 5.16 Å². The normalized spacial score (nSPS) is 19.0. The van der Waals surface area contributed by atoms with Gasteiger partial charge in [-0.05, 0) is 25.0 Å². The number of hydrogen-bond acceptors (Lipinski definition) is 7. The molecule has 37 heavy (non-hydrogen) atoms. The maximum absolute atomic E-state index is 14.1. The topological polar surface area (TPSA) is 72.9 Å². The van der Waals surface area contributed by atoms with E-state index in [0.717, 1.165) is 31.5 Å². The van der Waals surface area contributed by atoms with Gasteiger partial charge in [0.05, 0.1) is 11.4 Å². The maximum atomic E-state index is 14.1. The van der Waals surface area contributed by atoms with Crippen LogP contribution in [-0.2, 0) is 9.59 Å². The average molecular weight is 547 g/mol. The Morgan fingerprint density at radius 2 is 1.57 bits per heavy atom. The highest BCUT2D eigenvalue weighted by Gasteiger charge is 2.30. The van der Waals surface area contributed by atoms with E-state index in [4.69, 9.17) is 11.6 Å². The van der Waals surface area contributed by atoms with Crippen LogP contribution >= 0.6 is 23.4 Å². The smallest absolute Gasteiger partial charge is 0.233 e. The summed E-state index contributed by atoms with van der Waals surface area (Å²) in [6.45, 7) is 5.00. The van der Waals surface area contributed by atoms with Crippen molar-refractivity contribution in [1.29, 1.82) is 0 Å². The Bertz CT molecular complexity index is 1120. The lowest BCUT2D eigenvalue weighted by molar-refractivity contribution is -0.135. The Kier molecular flexibility index (Phi) is 8.34. The van der Waals surface area contributed by atoms with E-state index >= 15 is 0 Å². The monoisotopic (exact) mass is 546 g/mol. The molecule has 0 bridgehead atoms. The van der Waals surface area contributed by atoms with Gasteiger partial charge in [0, 0.05) is 64.3 Å². The first-order valence-electron chi connectivity index (χ1n) is 13.0. The number of amides is 2. The molecule has 8 nitrogen and oxygen atoms in total. The second-order valence-corrected chi connectivity index (χ2v) is 11.1. The van der Waals surface area contributed by atoms with Crippen molar-refractivity contribution < 1.29 is 14.0 Å². The summed E-state index contributed by atoms with van der Waals surface area (Å²) in [6, 6.07) is 8.46. The molecule has 0 atom stereocenters. The van der Waals surface area contributed by atoms with Gasteiger partial charge in [0.2, 0.25) is 11.8 Å². The molecule has 0 spiro atoms. The van der Waals surface area contributed by atoms with Crippen molar-refractivity contribution >= 4 is 46.7 Å². The number of nitrogens with zero attached hydrogens (tertiary/aromatic N) is 6. The molecule has 198 valence electrons. The molecule has 1 saturated carbocycles. The molecule has 0 N–H and O–H groups in total. The van der Waals surface area contributed by atoms with Crippen LogP contribution in [0.1, 0.15) is 25.7 Å². The highest BCUT2D eigenvalue weighted by Crippen LogP contribution is 2.28. The Labute approximate surface area is 226 Å². The Morgan fingerprint density at radius 1 is 0.919 bits per heavy atom. The Morgan fingerprint density at radius 3 is 2.27 bits per heavy atom. The number of benzene rings is 1. The minimum absolute atomic E-state index is 0.00217. The van der Waals surface area contributed by atoms with Crippen LogP contribution in [-0.4, -0.2) is 89.7 Å². The standard InChI is InChI=1S/C26H32ClFN6O2S/c27-22-17-23(32-11-15-34(16-12-32)25(36)19-5-1-2-6-19)30-26(29-22)37-18-24(35)33-13-9-31(10-14-33)21-8-4-3-7-20(21)28/h3-4,7-8,17,19H,1-2,5-6,9-16,18H2. The average Bonchev–Trinajstić information content (AvgIpc) is 3.47. The van der Waals surface area contributed by atoms with Crippen molar-refractivity contribution in [1.82, 2.24) is 19.8 Å². The third kappa shape index (κ3) is 6.29. The lowest BCUT2D eigenvalue weighted by atomic mass is 10.1. The summed E-state index contributed by atoms with van der Waals surface area (Å²) in [5, 5.41) is 0.799. The van der Waals surface area contributed by atoms with Crippen LogP contribution in [0.3, 0.4) is 0 Å². The molecule has 1 aliphatic carbocycles. The van der Waals surface area contributed by atoms with E-state index < -0.39 is 0 Å². The summed E-state index contributed by atoms with van der Waals surface area (Å²) in [5.41, 5.74) is 0.576. The number of piperazine rings is 2. The van der Waals surface area contributed by atoms with E-state index in [9.17, 15) is 14.0 Å². The summed E-state index contributed by atoms with van der Waals surface area (Å²) in [7, 11) is 0. The van der Waals surface area contributed by atoms with Crippen LogP contribution in [0.25, 0.3) is 0 Å². The van der Waals surface area contributed by atoms with E-state index in [1.165, 1.54) is 17.8 Å². The van der Waals surface area contributed by atoms with Crippen molar-refractivity contribution in [3.8, 4) is 0 Å². The van der Waals surface area contributed by atoms with Crippen molar-refractivity contribution in [3.63, 3.8) is 0 Å². The van der Waals surface area contributed by atoms with Crippen molar-refractivity contribution in [3.05, 3.63) is 41.3 Å². The van der Waals surface area contributed by atoms with Crippen molar-refractivity contribution in [2.45, 2.75) is 30.8 Å². The number of hydrogen-bond donors (Lipinski definition) is 0. The fourth-order valence-electron chi connectivity index (χ4n) is 5.32. The first-order valence-corrected chi connectivity index (χ1v) is 14.3. The summed E-state index contributed by atoms with van der Waals surface area (Å²) in [5.74, 6) is 1.19. The van der Waals surface area contributed by atoms with E-state index in [1.54, 1.807) is 23.1 Å². The zero-order valence-electron chi connectivity index (χ0n) is 20.8. The van der Waals surface area contributed by atoms with Gasteiger partial charge >= 0.3 is 0 Å². The van der Waals surface area contributed by atoms with Gasteiger partial charge in [-0.15, -0.1) is 0 Å². The minimum Gasteiger partial charge on any atom is -0.366 e. The molecule has 5 rings (SSSR count). The SMILES string of the molecule is O=C(CSc1nc(Cl)cc(N2CCN(C(=O)C3CCCC3)CC2)n1)N1CCN(c2ccccc2F)CC1. The van der Waals surface area contributed by atoms with Crippen LogP contribution in [0.5, 0.6) is 0 Å². The Hall–Kier alpha value is -2.59. The molecule has 11 heteroatoms. The number of para-hydroxylation sites is 1. The van der Waals surface area contributed by atoms with Crippen LogP contribution < -0.4 is 9.80 Å². The molecule has 2 aliphatic heterocycles. The summed E-state index contributed by atoms with van der Waals surface area (Å²) in [4.78, 5) is 42.4. The van der Waals surface area contributed by atoms with E-state index in [0.29, 0.717) is 74.3 Å². The Balaban J connectivity index is 1.11. The van der Waals surface area contributed by atoms with Gasteiger partial charge in [-0.3, -0.25) is 9.59 Å². The number of carbonyl (C=O) groups excluding carboxylic acids is 2. The summed E-state index contributed by atoms with van der Waals surface area (Å²) < 4.78 is 14.1. The molecule has 1 aromatic heterocycles. The molecule has 3 heterocycles. The summed E-state index contributed by atoms with van der Waals surface area (Å²) >= 11 is 7.57. The maximum Gasteiger partial charge on any atom is 0.233 e. The first-order chi connectivity index (χ1) is 18.0. The molecule has 0 unspecified atom stereocenters. The molecule has 1 aromatic carbocycles. The van der Waals surface area contributed by atoms with Crippen LogP contribution in [0.15, 0.2) is 35.5 Å². The third-order valence-corrected chi connectivity index (χ3v) is 8.46. The van der Waals surface area contributed by atoms with Gasteiger partial charge in [-0.25, -0.2) is 14.4 Å². The van der Waals surface area contributed by atoms with Crippen molar-refractivity contribution in [2.75, 3.05) is 67.9 Å². The van der Waals surface area contributed by atoms with E-state index in [-0.39, 0.29) is 23.4 Å². The third-order valence-electron chi connectivity index (χ3n) is 7.43. The predicted molar refractivity (Wildman–Crippen MR) is 144 cm³/mol. The first kappa shape index (κ1) is 26.0. The van der Waals surface area contributed by atoms with Crippen LogP contribution in [0.4, 0.5) is 15.9 Å². The van der Waals surface area contributed by atoms with E-state index in [2.05, 4.69) is 14.9 Å². The van der Waals surface area contributed by atoms with Crippen LogP contribution in [0, 0.1) is 11.7 Å². The van der Waals surface area contributed by atoms with E-state index in [1.807, 2.05) is 15.9 Å². The molecule has 2 aromatic rings. The largest absolute Gasteiger partial charge is 0.366 e. The molecular weight excluding hydrogens is 515 g/mol. The fourth-order valence-corrected chi connectivity index (χ4v) is 6.31. The lowest BCUT2D eigenvalue weighted by Gasteiger charge is -2.36. The van der Waals surface area contributed by atoms with Gasteiger partial charge in [0.1, 0.15) is 16.8 Å². The number of rotatable bonds is 6. The molecule has 3 fully saturated rings. The number of carbonyl (C=O) groups is 2. The number of aromatic nitrogens is 2. The predicted octanol–water partition coefficient (Wildman–Crippen LogP) is 3.55. The highest BCUT2D eigenvalue weighted by molar-refractivity contribution is 7.99. The van der Waals surface area contributed by atoms with Crippen LogP contribution in [0.2, 0.25) is 5.15 Å². The second kappa shape index (κ2) is 11.9. The van der Waals surface area contributed by atoms with Gasteiger partial charge < -0.3 is 19.6 Å². The second-order valence-electron chi connectivity index (χ2n) is 9.73. The number of thioether (sulfide) groups is 1. The number of anilines is 2. The minimum atomic E-state index is -0.242. The zero-order chi connectivity index (χ0) is 25.8.